The first kappa shape index (κ1) is 18.7. The molecule has 1 aliphatic rings. The molecule has 2 aromatic carbocycles. The number of methoxy groups -OCH3 is 1. The second kappa shape index (κ2) is 9.02. The van der Waals surface area contributed by atoms with E-state index in [0.29, 0.717) is 0 Å². The number of hydrogen-bond acceptors (Lipinski definition) is 5. The predicted molar refractivity (Wildman–Crippen MR) is 106 cm³/mol. The van der Waals surface area contributed by atoms with E-state index >= 15 is 0 Å². The Bertz CT molecular complexity index is 847. The number of carbonyl (C=O) groups is 1. The molecular weight excluding hydrogens is 338 g/mol. The van der Waals surface area contributed by atoms with Crippen molar-refractivity contribution in [3.63, 3.8) is 0 Å². The van der Waals surface area contributed by atoms with Crippen LogP contribution in [0.3, 0.4) is 0 Å². The van der Waals surface area contributed by atoms with Crippen LogP contribution in [0.5, 0.6) is 0 Å². The fourth-order valence-corrected chi connectivity index (χ4v) is 3.29. The molecule has 27 heavy (non-hydrogen) atoms. The zero-order valence-electron chi connectivity index (χ0n) is 15.5. The Balaban J connectivity index is 1.71. The molecule has 5 nitrogen and oxygen atoms in total. The van der Waals surface area contributed by atoms with Gasteiger partial charge < -0.3 is 9.64 Å². The Morgan fingerprint density at radius 3 is 2.41 bits per heavy atom. The second-order valence-electron chi connectivity index (χ2n) is 6.47. The van der Waals surface area contributed by atoms with Gasteiger partial charge in [0.1, 0.15) is 11.6 Å². The standard InChI is InChI=1S/C22H23N3O2/c1-27-22(26)20(16-23)15-19-9-5-6-10-21(19)25-13-11-24(12-14-25)17-18-7-3-2-4-8-18/h2-10,15H,11-14,17H2,1H3/b20-15+. The Kier molecular flexibility index (Phi) is 6.24. The van der Waals surface area contributed by atoms with Gasteiger partial charge in [-0.2, -0.15) is 5.26 Å². The van der Waals surface area contributed by atoms with E-state index in [9.17, 15) is 10.1 Å². The van der Waals surface area contributed by atoms with Crippen LogP contribution >= 0.6 is 0 Å². The van der Waals surface area contributed by atoms with Crippen LogP contribution in [0, 0.1) is 11.3 Å². The highest BCUT2D eigenvalue weighted by atomic mass is 16.5. The summed E-state index contributed by atoms with van der Waals surface area (Å²) in [6, 6.07) is 20.3. The lowest BCUT2D eigenvalue weighted by Crippen LogP contribution is -2.46. The van der Waals surface area contributed by atoms with Crippen LogP contribution in [0.4, 0.5) is 5.69 Å². The molecule has 138 valence electrons. The number of nitriles is 1. The monoisotopic (exact) mass is 361 g/mol. The number of nitrogens with zero attached hydrogens (tertiary/aromatic N) is 3. The first-order chi connectivity index (χ1) is 13.2. The summed E-state index contributed by atoms with van der Waals surface area (Å²) < 4.78 is 4.68. The van der Waals surface area contributed by atoms with Crippen molar-refractivity contribution in [1.29, 1.82) is 5.26 Å². The molecule has 0 atom stereocenters. The van der Waals surface area contributed by atoms with Crippen LogP contribution in [-0.4, -0.2) is 44.2 Å². The smallest absolute Gasteiger partial charge is 0.348 e. The molecule has 0 aliphatic carbocycles. The van der Waals surface area contributed by atoms with E-state index < -0.39 is 5.97 Å². The van der Waals surface area contributed by atoms with Crippen molar-refractivity contribution in [1.82, 2.24) is 4.90 Å². The maximum Gasteiger partial charge on any atom is 0.348 e. The topological polar surface area (TPSA) is 56.6 Å². The maximum absolute atomic E-state index is 11.7. The van der Waals surface area contributed by atoms with Gasteiger partial charge in [-0.15, -0.1) is 0 Å². The van der Waals surface area contributed by atoms with Gasteiger partial charge in [-0.25, -0.2) is 4.79 Å². The van der Waals surface area contributed by atoms with Crippen LogP contribution in [-0.2, 0) is 16.1 Å². The van der Waals surface area contributed by atoms with Gasteiger partial charge in [-0.1, -0.05) is 48.5 Å². The van der Waals surface area contributed by atoms with Crippen molar-refractivity contribution in [3.8, 4) is 6.07 Å². The Labute approximate surface area is 160 Å². The van der Waals surface area contributed by atoms with Crippen LogP contribution in [0.2, 0.25) is 0 Å². The van der Waals surface area contributed by atoms with Gasteiger partial charge in [0.15, 0.2) is 0 Å². The van der Waals surface area contributed by atoms with E-state index in [0.717, 1.165) is 44.0 Å². The van der Waals surface area contributed by atoms with Crippen molar-refractivity contribution in [2.75, 3.05) is 38.2 Å². The van der Waals surface area contributed by atoms with Crippen molar-refractivity contribution in [3.05, 3.63) is 71.3 Å². The molecule has 3 rings (SSSR count). The lowest BCUT2D eigenvalue weighted by molar-refractivity contribution is -0.135. The number of anilines is 1. The number of benzene rings is 2. The molecule has 2 aromatic rings. The Hall–Kier alpha value is -3.10. The lowest BCUT2D eigenvalue weighted by atomic mass is 10.1. The largest absolute Gasteiger partial charge is 0.465 e. The normalized spacial score (nSPS) is 15.3. The average molecular weight is 361 g/mol. The molecule has 0 spiro atoms. The number of ether oxygens (including phenoxy) is 1. The van der Waals surface area contributed by atoms with E-state index in [-0.39, 0.29) is 5.57 Å². The number of carbonyl (C=O) groups excluding carboxylic acids is 1. The van der Waals surface area contributed by atoms with Gasteiger partial charge in [-0.3, -0.25) is 4.90 Å². The van der Waals surface area contributed by atoms with Crippen molar-refractivity contribution < 1.29 is 9.53 Å². The van der Waals surface area contributed by atoms with Gasteiger partial charge >= 0.3 is 5.97 Å². The highest BCUT2D eigenvalue weighted by molar-refractivity contribution is 5.98. The third kappa shape index (κ3) is 4.75. The fourth-order valence-electron chi connectivity index (χ4n) is 3.29. The van der Waals surface area contributed by atoms with Crippen LogP contribution in [0.1, 0.15) is 11.1 Å². The first-order valence-corrected chi connectivity index (χ1v) is 9.01. The number of para-hydroxylation sites is 1. The molecule has 1 aliphatic heterocycles. The zero-order chi connectivity index (χ0) is 19.1. The highest BCUT2D eigenvalue weighted by Crippen LogP contribution is 2.24. The van der Waals surface area contributed by atoms with Gasteiger partial charge in [0, 0.05) is 38.4 Å². The van der Waals surface area contributed by atoms with Crippen LogP contribution in [0.15, 0.2) is 60.2 Å². The SMILES string of the molecule is COC(=O)/C(C#N)=C/c1ccccc1N1CCN(Cc2ccccc2)CC1. The van der Waals surface area contributed by atoms with E-state index in [4.69, 9.17) is 0 Å². The third-order valence-corrected chi connectivity index (χ3v) is 4.72. The van der Waals surface area contributed by atoms with E-state index in [2.05, 4.69) is 38.8 Å². The summed E-state index contributed by atoms with van der Waals surface area (Å²) >= 11 is 0. The number of hydrogen-bond donors (Lipinski definition) is 0. The summed E-state index contributed by atoms with van der Waals surface area (Å²) in [5.74, 6) is -0.611. The molecule has 1 fully saturated rings. The van der Waals surface area contributed by atoms with Crippen molar-refractivity contribution in [2.24, 2.45) is 0 Å². The predicted octanol–water partition coefficient (Wildman–Crippen LogP) is 3.09. The number of rotatable bonds is 5. The molecule has 0 N–H and O–H groups in total. The molecule has 0 unspecified atom stereocenters. The summed E-state index contributed by atoms with van der Waals surface area (Å²) in [5, 5.41) is 9.23. The highest BCUT2D eigenvalue weighted by Gasteiger charge is 2.19. The number of piperazine rings is 1. The zero-order valence-corrected chi connectivity index (χ0v) is 15.5. The quantitative estimate of drug-likeness (QED) is 0.465. The minimum atomic E-state index is -0.611. The molecule has 1 heterocycles. The summed E-state index contributed by atoms with van der Waals surface area (Å²) in [6.07, 6.45) is 1.61. The summed E-state index contributed by atoms with van der Waals surface area (Å²) in [7, 11) is 1.28. The van der Waals surface area contributed by atoms with Crippen molar-refractivity contribution >= 4 is 17.7 Å². The minimum Gasteiger partial charge on any atom is -0.465 e. The second-order valence-corrected chi connectivity index (χ2v) is 6.47. The average Bonchev–Trinajstić information content (AvgIpc) is 2.73. The molecule has 0 radical (unpaired) electrons. The lowest BCUT2D eigenvalue weighted by Gasteiger charge is -2.36. The molecule has 5 heteroatoms. The Morgan fingerprint density at radius 2 is 1.74 bits per heavy atom. The van der Waals surface area contributed by atoms with E-state index in [1.807, 2.05) is 36.4 Å². The van der Waals surface area contributed by atoms with Gasteiger partial charge in [0.2, 0.25) is 0 Å². The summed E-state index contributed by atoms with van der Waals surface area (Å²) in [5.41, 5.74) is 3.23. The molecule has 0 aromatic heterocycles. The molecule has 1 saturated heterocycles. The van der Waals surface area contributed by atoms with E-state index in [1.54, 1.807) is 6.08 Å². The van der Waals surface area contributed by atoms with Crippen LogP contribution in [0.25, 0.3) is 6.08 Å². The van der Waals surface area contributed by atoms with Gasteiger partial charge in [0.05, 0.1) is 7.11 Å². The third-order valence-electron chi connectivity index (χ3n) is 4.72. The molecule has 0 saturated carbocycles. The molecular formula is C22H23N3O2. The Morgan fingerprint density at radius 1 is 1.07 bits per heavy atom. The molecule has 0 amide bonds. The summed E-state index contributed by atoms with van der Waals surface area (Å²) in [6.45, 7) is 4.69. The molecule has 0 bridgehead atoms. The summed E-state index contributed by atoms with van der Waals surface area (Å²) in [4.78, 5) is 16.5. The first-order valence-electron chi connectivity index (χ1n) is 9.01. The number of esters is 1. The van der Waals surface area contributed by atoms with Gasteiger partial charge in [0.25, 0.3) is 0 Å². The minimum absolute atomic E-state index is 0.00710. The maximum atomic E-state index is 11.7. The van der Waals surface area contributed by atoms with E-state index in [1.165, 1.54) is 12.7 Å². The van der Waals surface area contributed by atoms with Crippen molar-refractivity contribution in [2.45, 2.75) is 6.54 Å². The van der Waals surface area contributed by atoms with Gasteiger partial charge in [-0.05, 0) is 23.3 Å². The fraction of sp³-hybridized carbons (Fsp3) is 0.273. The van der Waals surface area contributed by atoms with Crippen LogP contribution < -0.4 is 4.90 Å².